The Morgan fingerprint density at radius 2 is 1.77 bits per heavy atom. The third-order valence-corrected chi connectivity index (χ3v) is 5.11. The highest BCUT2D eigenvalue weighted by Crippen LogP contribution is 2.31. The SMILES string of the molecule is CCOc1cc(F)c(Cn2nc(-c3nc(N)c(NC(=O)COC)c(N)n3)c3ccccc32)c(F)c1. The van der Waals surface area contributed by atoms with Crippen molar-refractivity contribution in [1.29, 1.82) is 0 Å². The van der Waals surface area contributed by atoms with Crippen LogP contribution in [0.25, 0.3) is 22.4 Å². The van der Waals surface area contributed by atoms with E-state index in [9.17, 15) is 13.6 Å². The van der Waals surface area contributed by atoms with Gasteiger partial charge in [0.1, 0.15) is 35.4 Å². The fourth-order valence-corrected chi connectivity index (χ4v) is 3.58. The first-order valence-electron chi connectivity index (χ1n) is 10.6. The van der Waals surface area contributed by atoms with Gasteiger partial charge in [-0.05, 0) is 13.0 Å². The number of fused-ring (bicyclic) bond motifs is 1. The number of methoxy groups -OCH3 is 1. The number of nitrogens with one attached hydrogen (secondary N) is 1. The first-order chi connectivity index (χ1) is 16.8. The Hall–Kier alpha value is -4.32. The Morgan fingerprint density at radius 1 is 1.11 bits per heavy atom. The van der Waals surface area contributed by atoms with Crippen molar-refractivity contribution >= 4 is 34.1 Å². The van der Waals surface area contributed by atoms with Crippen molar-refractivity contribution in [2.45, 2.75) is 13.5 Å². The molecular weight excluding hydrogens is 460 g/mol. The fraction of sp³-hybridized carbons (Fsp3) is 0.217. The number of benzene rings is 2. The first-order valence-corrected chi connectivity index (χ1v) is 10.6. The lowest BCUT2D eigenvalue weighted by Gasteiger charge is -2.11. The lowest BCUT2D eigenvalue weighted by atomic mass is 10.1. The zero-order valence-electron chi connectivity index (χ0n) is 19.0. The second-order valence-corrected chi connectivity index (χ2v) is 7.50. The number of hydrogen-bond acceptors (Lipinski definition) is 8. The molecule has 5 N–H and O–H groups in total. The normalized spacial score (nSPS) is 11.1. The number of hydrogen-bond donors (Lipinski definition) is 3. The van der Waals surface area contributed by atoms with E-state index in [4.69, 9.17) is 20.9 Å². The molecule has 0 saturated carbocycles. The summed E-state index contributed by atoms with van der Waals surface area (Å²) in [6, 6.07) is 9.34. The van der Waals surface area contributed by atoms with E-state index in [1.165, 1.54) is 11.8 Å². The number of anilines is 3. The molecule has 0 spiro atoms. The smallest absolute Gasteiger partial charge is 0.250 e. The predicted octanol–water partition coefficient (Wildman–Crippen LogP) is 2.97. The zero-order valence-corrected chi connectivity index (χ0v) is 19.0. The lowest BCUT2D eigenvalue weighted by molar-refractivity contribution is -0.119. The Kier molecular flexibility index (Phi) is 6.73. The molecule has 0 saturated heterocycles. The second kappa shape index (κ2) is 9.89. The second-order valence-electron chi connectivity index (χ2n) is 7.50. The number of nitrogen functional groups attached to an aromatic ring is 2. The van der Waals surface area contributed by atoms with E-state index in [1.54, 1.807) is 31.2 Å². The molecule has 2 aromatic heterocycles. The van der Waals surface area contributed by atoms with Crippen molar-refractivity contribution in [3.63, 3.8) is 0 Å². The number of ether oxygens (including phenoxy) is 2. The summed E-state index contributed by atoms with van der Waals surface area (Å²) in [5.41, 5.74) is 12.8. The van der Waals surface area contributed by atoms with E-state index >= 15 is 0 Å². The van der Waals surface area contributed by atoms with Crippen molar-refractivity contribution in [1.82, 2.24) is 19.7 Å². The highest BCUT2D eigenvalue weighted by molar-refractivity contribution is 5.98. The van der Waals surface area contributed by atoms with E-state index in [-0.39, 0.29) is 54.2 Å². The number of nitrogens with zero attached hydrogens (tertiary/aromatic N) is 4. The van der Waals surface area contributed by atoms with Gasteiger partial charge in [0.2, 0.25) is 0 Å². The van der Waals surface area contributed by atoms with Gasteiger partial charge in [-0.3, -0.25) is 9.48 Å². The van der Waals surface area contributed by atoms with Crippen LogP contribution in [0.3, 0.4) is 0 Å². The first kappa shape index (κ1) is 23.8. The summed E-state index contributed by atoms with van der Waals surface area (Å²) in [4.78, 5) is 20.3. The van der Waals surface area contributed by atoms with Crippen molar-refractivity contribution in [2.75, 3.05) is 37.1 Å². The van der Waals surface area contributed by atoms with Crippen LogP contribution in [0.15, 0.2) is 36.4 Å². The Labute approximate surface area is 198 Å². The summed E-state index contributed by atoms with van der Waals surface area (Å²) in [6.45, 7) is 1.62. The minimum atomic E-state index is -0.754. The monoisotopic (exact) mass is 483 g/mol. The van der Waals surface area contributed by atoms with E-state index in [1.807, 2.05) is 0 Å². The number of para-hydroxylation sites is 1. The maximum atomic E-state index is 14.7. The molecule has 0 radical (unpaired) electrons. The molecule has 0 aliphatic heterocycles. The van der Waals surface area contributed by atoms with Crippen molar-refractivity contribution in [2.24, 2.45) is 0 Å². The highest BCUT2D eigenvalue weighted by Gasteiger charge is 2.21. The van der Waals surface area contributed by atoms with Crippen LogP contribution >= 0.6 is 0 Å². The highest BCUT2D eigenvalue weighted by atomic mass is 19.1. The Balaban J connectivity index is 1.75. The maximum Gasteiger partial charge on any atom is 0.250 e. The van der Waals surface area contributed by atoms with Crippen LogP contribution in [-0.2, 0) is 16.1 Å². The summed E-state index contributed by atoms with van der Waals surface area (Å²) in [5.74, 6) is -1.93. The topological polar surface area (TPSA) is 143 Å². The molecule has 182 valence electrons. The van der Waals surface area contributed by atoms with Crippen LogP contribution in [0.4, 0.5) is 26.1 Å². The minimum absolute atomic E-state index is 0.0538. The van der Waals surface area contributed by atoms with Gasteiger partial charge in [0.25, 0.3) is 5.91 Å². The van der Waals surface area contributed by atoms with Gasteiger partial charge in [0, 0.05) is 30.2 Å². The molecule has 2 aromatic carbocycles. The molecule has 0 unspecified atom stereocenters. The van der Waals surface area contributed by atoms with Crippen LogP contribution in [0.1, 0.15) is 12.5 Å². The Morgan fingerprint density at radius 3 is 2.40 bits per heavy atom. The molecule has 0 bridgehead atoms. The number of carbonyl (C=O) groups is 1. The summed E-state index contributed by atoms with van der Waals surface area (Å²) >= 11 is 0. The number of nitrogens with two attached hydrogens (primary N) is 2. The molecule has 0 fully saturated rings. The van der Waals surface area contributed by atoms with Gasteiger partial charge < -0.3 is 26.3 Å². The molecule has 2 heterocycles. The molecule has 10 nitrogen and oxygen atoms in total. The summed E-state index contributed by atoms with van der Waals surface area (Å²) in [5, 5.41) is 7.63. The van der Waals surface area contributed by atoms with Crippen LogP contribution in [0.5, 0.6) is 5.75 Å². The van der Waals surface area contributed by atoms with Gasteiger partial charge in [0.15, 0.2) is 17.5 Å². The van der Waals surface area contributed by atoms with E-state index in [0.29, 0.717) is 16.6 Å². The van der Waals surface area contributed by atoms with E-state index in [0.717, 1.165) is 12.1 Å². The van der Waals surface area contributed by atoms with Crippen LogP contribution in [0, 0.1) is 11.6 Å². The number of halogens is 2. The molecule has 0 aliphatic carbocycles. The lowest BCUT2D eigenvalue weighted by Crippen LogP contribution is -2.20. The fourth-order valence-electron chi connectivity index (χ4n) is 3.58. The van der Waals surface area contributed by atoms with Gasteiger partial charge in [-0.1, -0.05) is 18.2 Å². The number of amides is 1. The van der Waals surface area contributed by atoms with Gasteiger partial charge >= 0.3 is 0 Å². The number of carbonyl (C=O) groups excluding carboxylic acids is 1. The molecule has 35 heavy (non-hydrogen) atoms. The largest absolute Gasteiger partial charge is 0.494 e. The molecule has 0 atom stereocenters. The van der Waals surface area contributed by atoms with Gasteiger partial charge in [-0.15, -0.1) is 0 Å². The maximum absolute atomic E-state index is 14.7. The van der Waals surface area contributed by atoms with Crippen molar-refractivity contribution in [3.05, 3.63) is 53.6 Å². The quantitative estimate of drug-likeness (QED) is 0.347. The number of rotatable bonds is 8. The minimum Gasteiger partial charge on any atom is -0.494 e. The average molecular weight is 483 g/mol. The molecule has 1 amide bonds. The predicted molar refractivity (Wildman–Crippen MR) is 127 cm³/mol. The van der Waals surface area contributed by atoms with Gasteiger partial charge in [-0.25, -0.2) is 18.7 Å². The molecule has 4 aromatic rings. The molecule has 12 heteroatoms. The van der Waals surface area contributed by atoms with Crippen molar-refractivity contribution < 1.29 is 23.0 Å². The van der Waals surface area contributed by atoms with E-state index < -0.39 is 17.5 Å². The van der Waals surface area contributed by atoms with Gasteiger partial charge in [-0.2, -0.15) is 5.10 Å². The summed E-state index contributed by atoms with van der Waals surface area (Å²) in [6.07, 6.45) is 0. The van der Waals surface area contributed by atoms with Gasteiger partial charge in [0.05, 0.1) is 18.7 Å². The zero-order chi connectivity index (χ0) is 25.1. The van der Waals surface area contributed by atoms with Crippen LogP contribution in [-0.4, -0.2) is 46.0 Å². The number of aromatic nitrogens is 4. The average Bonchev–Trinajstić information content (AvgIpc) is 3.17. The van der Waals surface area contributed by atoms with Crippen LogP contribution < -0.4 is 21.5 Å². The van der Waals surface area contributed by atoms with Crippen molar-refractivity contribution in [3.8, 4) is 17.3 Å². The van der Waals surface area contributed by atoms with E-state index in [2.05, 4.69) is 20.4 Å². The summed E-state index contributed by atoms with van der Waals surface area (Å²) < 4.78 is 40.8. The summed E-state index contributed by atoms with van der Waals surface area (Å²) in [7, 11) is 1.37. The van der Waals surface area contributed by atoms with Crippen LogP contribution in [0.2, 0.25) is 0 Å². The molecular formula is C23H23F2N7O3. The third kappa shape index (κ3) is 4.82. The molecule has 0 aliphatic rings. The molecule has 4 rings (SSSR count). The third-order valence-electron chi connectivity index (χ3n) is 5.11. The standard InChI is InChI=1S/C23H23F2N7O3/c1-3-35-12-8-15(24)14(16(25)9-12)10-32-17-7-5-4-6-13(17)19(31-32)23-29-21(26)20(22(27)30-23)28-18(33)11-34-2/h4-9H,3,10-11H2,1-2H3,(H,28,33)(H4,26,27,29,30). The Bertz CT molecular complexity index is 1360.